The van der Waals surface area contributed by atoms with Crippen LogP contribution in [0.2, 0.25) is 0 Å². The third kappa shape index (κ3) is 7.40. The molecule has 2 aromatic rings. The van der Waals surface area contributed by atoms with E-state index in [0.29, 0.717) is 12.8 Å². The Kier molecular flexibility index (Phi) is 9.30. The maximum absolute atomic E-state index is 12.9. The van der Waals surface area contributed by atoms with E-state index in [1.807, 2.05) is 19.9 Å². The maximum atomic E-state index is 12.9. The number of aromatic hydroxyl groups is 1. The number of hydrogen-bond donors (Lipinski definition) is 5. The first kappa shape index (κ1) is 25.4. The molecule has 1 amide bonds. The van der Waals surface area contributed by atoms with Crippen LogP contribution in [0.4, 0.5) is 4.79 Å². The van der Waals surface area contributed by atoms with Gasteiger partial charge < -0.3 is 25.4 Å². The van der Waals surface area contributed by atoms with Crippen LogP contribution in [0.1, 0.15) is 32.3 Å². The first-order chi connectivity index (χ1) is 15.2. The molecule has 0 aliphatic rings. The normalized spacial score (nSPS) is 13.5. The average Bonchev–Trinajstić information content (AvgIpc) is 2.75. The number of nitrogens with one attached hydrogen (secondary N) is 2. The van der Waals surface area contributed by atoms with Crippen molar-refractivity contribution in [2.24, 2.45) is 0 Å². The second kappa shape index (κ2) is 11.7. The quantitative estimate of drug-likeness (QED) is 0.323. The zero-order chi connectivity index (χ0) is 23.7. The highest BCUT2D eigenvalue weighted by molar-refractivity contribution is 7.89. The summed E-state index contributed by atoms with van der Waals surface area (Å²) < 4.78 is 33.9. The lowest BCUT2D eigenvalue weighted by Gasteiger charge is -2.24. The Morgan fingerprint density at radius 3 is 2.34 bits per heavy atom. The van der Waals surface area contributed by atoms with Crippen molar-refractivity contribution in [2.45, 2.75) is 56.3 Å². The number of aliphatic hydroxyl groups excluding tert-OH is 1. The standard InChI is InChI=1S/C22H30N2O7S/c1-3-17(4-2)31-20-13-16(25)10-11-21(20)32(29,30)23-14-19(26)18(24-22(27)28)12-15-8-6-5-7-9-15/h5-11,13,17-19,23-26H,3-4,12,14H2,1-2H3,(H,27,28)/t18-,19+/m0/s1. The lowest BCUT2D eigenvalue weighted by molar-refractivity contribution is 0.122. The van der Waals surface area contributed by atoms with E-state index in [9.17, 15) is 23.4 Å². The summed E-state index contributed by atoms with van der Waals surface area (Å²) in [6, 6.07) is 11.7. The minimum absolute atomic E-state index is 0.00480. The Bertz CT molecular complexity index is 979. The van der Waals surface area contributed by atoms with Crippen LogP contribution in [0.25, 0.3) is 0 Å². The number of hydrogen-bond acceptors (Lipinski definition) is 6. The van der Waals surface area contributed by atoms with E-state index < -0.39 is 34.8 Å². The van der Waals surface area contributed by atoms with E-state index in [-0.39, 0.29) is 28.9 Å². The SMILES string of the molecule is CCC(CC)Oc1cc(O)ccc1S(=O)(=O)NC[C@@H](O)[C@H](Cc1ccccc1)NC(=O)O. The van der Waals surface area contributed by atoms with Crippen molar-refractivity contribution >= 4 is 16.1 Å². The van der Waals surface area contributed by atoms with Gasteiger partial charge in [-0.2, -0.15) is 0 Å². The Morgan fingerprint density at radius 2 is 1.75 bits per heavy atom. The molecular weight excluding hydrogens is 436 g/mol. The largest absolute Gasteiger partial charge is 0.508 e. The molecule has 2 rings (SSSR count). The highest BCUT2D eigenvalue weighted by Crippen LogP contribution is 2.29. The van der Waals surface area contributed by atoms with Crippen LogP contribution in [0, 0.1) is 0 Å². The summed E-state index contributed by atoms with van der Waals surface area (Å²) in [5.41, 5.74) is 0.785. The average molecular weight is 467 g/mol. The molecule has 10 heteroatoms. The molecule has 5 N–H and O–H groups in total. The van der Waals surface area contributed by atoms with Crippen molar-refractivity contribution in [2.75, 3.05) is 6.54 Å². The number of carboxylic acid groups (broad SMARTS) is 1. The Morgan fingerprint density at radius 1 is 1.09 bits per heavy atom. The van der Waals surface area contributed by atoms with Crippen molar-refractivity contribution in [1.82, 2.24) is 10.0 Å². The molecule has 0 bridgehead atoms. The molecule has 0 spiro atoms. The monoisotopic (exact) mass is 466 g/mol. The number of ether oxygens (including phenoxy) is 1. The van der Waals surface area contributed by atoms with Gasteiger partial charge in [-0.05, 0) is 37.0 Å². The molecular formula is C22H30N2O7S. The van der Waals surface area contributed by atoms with Gasteiger partial charge >= 0.3 is 6.09 Å². The summed E-state index contributed by atoms with van der Waals surface area (Å²) in [4.78, 5) is 11.0. The van der Waals surface area contributed by atoms with Crippen molar-refractivity contribution in [3.63, 3.8) is 0 Å². The van der Waals surface area contributed by atoms with Gasteiger partial charge in [-0.15, -0.1) is 0 Å². The molecule has 32 heavy (non-hydrogen) atoms. The summed E-state index contributed by atoms with van der Waals surface area (Å²) >= 11 is 0. The van der Waals surface area contributed by atoms with Crippen LogP contribution in [-0.4, -0.2) is 54.6 Å². The molecule has 2 aromatic carbocycles. The second-order valence-corrected chi connectivity index (χ2v) is 9.09. The lowest BCUT2D eigenvalue weighted by Crippen LogP contribution is -2.49. The van der Waals surface area contributed by atoms with Crippen molar-refractivity contribution in [1.29, 1.82) is 0 Å². The fourth-order valence-electron chi connectivity index (χ4n) is 3.17. The smallest absolute Gasteiger partial charge is 0.404 e. The highest BCUT2D eigenvalue weighted by atomic mass is 32.2. The van der Waals surface area contributed by atoms with Crippen molar-refractivity contribution < 1.29 is 33.3 Å². The van der Waals surface area contributed by atoms with Gasteiger partial charge in [0.15, 0.2) is 0 Å². The van der Waals surface area contributed by atoms with Crippen LogP contribution >= 0.6 is 0 Å². The molecule has 0 aliphatic carbocycles. The van der Waals surface area contributed by atoms with Gasteiger partial charge in [-0.3, -0.25) is 0 Å². The topological polar surface area (TPSA) is 145 Å². The van der Waals surface area contributed by atoms with Gasteiger partial charge in [0.1, 0.15) is 16.4 Å². The van der Waals surface area contributed by atoms with Gasteiger partial charge in [0.05, 0.1) is 18.2 Å². The Balaban J connectivity index is 2.17. The van der Waals surface area contributed by atoms with Crippen LogP contribution in [-0.2, 0) is 16.4 Å². The lowest BCUT2D eigenvalue weighted by atomic mass is 10.0. The molecule has 0 unspecified atom stereocenters. The molecule has 176 valence electrons. The number of carbonyl (C=O) groups is 1. The number of sulfonamides is 1. The van der Waals surface area contributed by atoms with E-state index in [1.54, 1.807) is 24.3 Å². The van der Waals surface area contributed by atoms with E-state index in [0.717, 1.165) is 5.56 Å². The number of benzene rings is 2. The fraction of sp³-hybridized carbons (Fsp3) is 0.409. The van der Waals surface area contributed by atoms with E-state index in [4.69, 9.17) is 9.84 Å². The van der Waals surface area contributed by atoms with E-state index in [1.165, 1.54) is 18.2 Å². The first-order valence-electron chi connectivity index (χ1n) is 10.4. The summed E-state index contributed by atoms with van der Waals surface area (Å²) in [5, 5.41) is 31.7. The molecule has 0 fully saturated rings. The predicted octanol–water partition coefficient (Wildman–Crippen LogP) is 2.48. The number of aliphatic hydroxyl groups is 1. The van der Waals surface area contributed by atoms with Crippen molar-refractivity contribution in [3.05, 3.63) is 54.1 Å². The minimum Gasteiger partial charge on any atom is -0.508 e. The summed E-state index contributed by atoms with van der Waals surface area (Å²) in [6.45, 7) is 3.38. The van der Waals surface area contributed by atoms with Gasteiger partial charge in [-0.25, -0.2) is 17.9 Å². The van der Waals surface area contributed by atoms with Crippen LogP contribution in [0.3, 0.4) is 0 Å². The molecule has 0 heterocycles. The number of phenolic OH excluding ortho intramolecular Hbond substituents is 1. The number of phenols is 1. The molecule has 0 aromatic heterocycles. The Hall–Kier alpha value is -2.82. The fourth-order valence-corrected chi connectivity index (χ4v) is 4.34. The first-order valence-corrected chi connectivity index (χ1v) is 11.8. The zero-order valence-corrected chi connectivity index (χ0v) is 18.9. The van der Waals surface area contributed by atoms with E-state index in [2.05, 4.69) is 10.0 Å². The summed E-state index contributed by atoms with van der Waals surface area (Å²) in [7, 11) is -4.12. The minimum atomic E-state index is -4.12. The molecule has 9 nitrogen and oxygen atoms in total. The van der Waals surface area contributed by atoms with E-state index >= 15 is 0 Å². The van der Waals surface area contributed by atoms with Crippen LogP contribution in [0.15, 0.2) is 53.4 Å². The van der Waals surface area contributed by atoms with Gasteiger partial charge in [0.25, 0.3) is 0 Å². The molecule has 0 radical (unpaired) electrons. The van der Waals surface area contributed by atoms with Gasteiger partial charge in [0, 0.05) is 12.6 Å². The molecule has 0 saturated heterocycles. The number of rotatable bonds is 12. The molecule has 0 saturated carbocycles. The zero-order valence-electron chi connectivity index (χ0n) is 18.1. The predicted molar refractivity (Wildman–Crippen MR) is 119 cm³/mol. The van der Waals surface area contributed by atoms with Gasteiger partial charge in [-0.1, -0.05) is 44.2 Å². The van der Waals surface area contributed by atoms with Gasteiger partial charge in [0.2, 0.25) is 10.0 Å². The second-order valence-electron chi connectivity index (χ2n) is 7.35. The summed E-state index contributed by atoms with van der Waals surface area (Å²) in [6.07, 6.45) is -1.40. The maximum Gasteiger partial charge on any atom is 0.404 e. The van der Waals surface area contributed by atoms with Crippen LogP contribution in [0.5, 0.6) is 11.5 Å². The third-order valence-electron chi connectivity index (χ3n) is 4.98. The summed E-state index contributed by atoms with van der Waals surface area (Å²) in [5.74, 6) is -0.135. The number of amides is 1. The third-order valence-corrected chi connectivity index (χ3v) is 6.44. The van der Waals surface area contributed by atoms with Crippen molar-refractivity contribution in [3.8, 4) is 11.5 Å². The Labute approximate surface area is 188 Å². The van der Waals surface area contributed by atoms with Crippen LogP contribution < -0.4 is 14.8 Å². The highest BCUT2D eigenvalue weighted by Gasteiger charge is 2.26. The molecule has 2 atom stereocenters. The molecule has 0 aliphatic heterocycles.